The zero-order valence-electron chi connectivity index (χ0n) is 17.6. The molecule has 3 N–H and O–H groups in total. The molecule has 29 heavy (non-hydrogen) atoms. The van der Waals surface area contributed by atoms with Crippen molar-refractivity contribution >= 4 is 23.5 Å². The van der Waals surface area contributed by atoms with Gasteiger partial charge in [-0.1, -0.05) is 23.7 Å². The SMILES string of the molecule is CCNC(=NCC1CCCN(C)C1c1cccc(Cl)c1)NCCNC(=O)C1CC1. The molecule has 0 radical (unpaired) electrons. The average Bonchev–Trinajstić information content (AvgIpc) is 3.54. The summed E-state index contributed by atoms with van der Waals surface area (Å²) in [4.78, 5) is 19.0. The molecule has 0 bridgehead atoms. The van der Waals surface area contributed by atoms with Crippen molar-refractivity contribution in [3.05, 3.63) is 34.9 Å². The first-order valence-electron chi connectivity index (χ1n) is 10.8. The smallest absolute Gasteiger partial charge is 0.223 e. The molecule has 1 aromatic carbocycles. The fourth-order valence-electron chi connectivity index (χ4n) is 4.07. The predicted octanol–water partition coefficient (Wildman–Crippen LogP) is 2.80. The summed E-state index contributed by atoms with van der Waals surface area (Å²) in [5.74, 6) is 1.69. The normalized spacial score (nSPS) is 22.9. The molecular formula is C22H34ClN5O. The molecule has 160 valence electrons. The van der Waals surface area contributed by atoms with Crippen LogP contribution in [0.25, 0.3) is 0 Å². The lowest BCUT2D eigenvalue weighted by molar-refractivity contribution is -0.122. The third-order valence-corrected chi connectivity index (χ3v) is 5.93. The Morgan fingerprint density at radius 3 is 2.72 bits per heavy atom. The highest BCUT2D eigenvalue weighted by Gasteiger charge is 2.31. The maximum absolute atomic E-state index is 11.7. The first-order chi connectivity index (χ1) is 14.1. The molecule has 1 saturated heterocycles. The maximum Gasteiger partial charge on any atom is 0.223 e. The van der Waals surface area contributed by atoms with Crippen LogP contribution in [-0.4, -0.2) is 56.5 Å². The summed E-state index contributed by atoms with van der Waals surface area (Å²) >= 11 is 6.25. The molecule has 2 atom stereocenters. The van der Waals surface area contributed by atoms with Crippen LogP contribution in [0.2, 0.25) is 5.02 Å². The molecule has 1 amide bonds. The van der Waals surface area contributed by atoms with Crippen molar-refractivity contribution < 1.29 is 4.79 Å². The van der Waals surface area contributed by atoms with Gasteiger partial charge < -0.3 is 16.0 Å². The number of piperidine rings is 1. The van der Waals surface area contributed by atoms with Gasteiger partial charge in [0, 0.05) is 43.2 Å². The number of nitrogens with one attached hydrogen (secondary N) is 3. The van der Waals surface area contributed by atoms with E-state index < -0.39 is 0 Å². The second-order valence-corrected chi connectivity index (χ2v) is 8.53. The van der Waals surface area contributed by atoms with Crippen LogP contribution in [0.15, 0.2) is 29.3 Å². The Balaban J connectivity index is 1.57. The lowest BCUT2D eigenvalue weighted by atomic mass is 9.85. The number of carbonyl (C=O) groups is 1. The monoisotopic (exact) mass is 419 g/mol. The highest BCUT2D eigenvalue weighted by atomic mass is 35.5. The lowest BCUT2D eigenvalue weighted by Crippen LogP contribution is -2.42. The van der Waals surface area contributed by atoms with Gasteiger partial charge >= 0.3 is 0 Å². The molecule has 1 heterocycles. The van der Waals surface area contributed by atoms with E-state index in [0.29, 0.717) is 25.0 Å². The van der Waals surface area contributed by atoms with E-state index in [1.807, 2.05) is 12.1 Å². The van der Waals surface area contributed by atoms with Crippen molar-refractivity contribution in [2.24, 2.45) is 16.8 Å². The molecule has 0 spiro atoms. The van der Waals surface area contributed by atoms with Crippen molar-refractivity contribution in [2.45, 2.75) is 38.6 Å². The summed E-state index contributed by atoms with van der Waals surface area (Å²) in [6.45, 7) is 6.02. The number of nitrogens with zero attached hydrogens (tertiary/aromatic N) is 2. The van der Waals surface area contributed by atoms with Crippen molar-refractivity contribution in [3.8, 4) is 0 Å². The summed E-state index contributed by atoms with van der Waals surface area (Å²) in [7, 11) is 2.19. The van der Waals surface area contributed by atoms with E-state index in [-0.39, 0.29) is 11.8 Å². The third kappa shape index (κ3) is 6.61. The zero-order chi connectivity index (χ0) is 20.6. The molecule has 2 fully saturated rings. The lowest BCUT2D eigenvalue weighted by Gasteiger charge is -2.39. The van der Waals surface area contributed by atoms with E-state index in [2.05, 4.69) is 47.0 Å². The van der Waals surface area contributed by atoms with Gasteiger partial charge in [-0.05, 0) is 69.8 Å². The van der Waals surface area contributed by atoms with E-state index in [1.165, 1.54) is 12.0 Å². The number of benzene rings is 1. The molecule has 1 aromatic rings. The second-order valence-electron chi connectivity index (χ2n) is 8.09. The molecule has 2 aliphatic rings. The number of rotatable bonds is 8. The van der Waals surface area contributed by atoms with Crippen molar-refractivity contribution in [1.82, 2.24) is 20.9 Å². The van der Waals surface area contributed by atoms with E-state index in [9.17, 15) is 4.79 Å². The molecule has 6 nitrogen and oxygen atoms in total. The van der Waals surface area contributed by atoms with Crippen LogP contribution < -0.4 is 16.0 Å². The third-order valence-electron chi connectivity index (χ3n) is 5.69. The first-order valence-corrected chi connectivity index (χ1v) is 11.2. The summed E-state index contributed by atoms with van der Waals surface area (Å²) in [5.41, 5.74) is 1.26. The van der Waals surface area contributed by atoms with Crippen molar-refractivity contribution in [2.75, 3.05) is 39.8 Å². The molecule has 1 aliphatic carbocycles. The Kier molecular flexibility index (Phi) is 8.19. The van der Waals surface area contributed by atoms with Gasteiger partial charge in [0.2, 0.25) is 5.91 Å². The van der Waals surface area contributed by atoms with E-state index in [0.717, 1.165) is 49.9 Å². The van der Waals surface area contributed by atoms with Gasteiger partial charge in [-0.2, -0.15) is 0 Å². The molecule has 3 rings (SSSR count). The minimum absolute atomic E-state index is 0.184. The summed E-state index contributed by atoms with van der Waals surface area (Å²) < 4.78 is 0. The Morgan fingerprint density at radius 2 is 2.00 bits per heavy atom. The van der Waals surface area contributed by atoms with Crippen LogP contribution >= 0.6 is 11.6 Å². The Bertz CT molecular complexity index is 706. The number of amides is 1. The standard InChI is InChI=1S/C22H34ClN5O/c1-3-24-22(26-12-11-25-21(29)16-9-10-16)27-15-18-7-5-13-28(2)20(18)17-6-4-8-19(23)14-17/h4,6,8,14,16,18,20H,3,5,7,9-13,15H2,1-2H3,(H,25,29)(H2,24,26,27). The average molecular weight is 420 g/mol. The molecule has 7 heteroatoms. The van der Waals surface area contributed by atoms with Crippen LogP contribution in [0.5, 0.6) is 0 Å². The largest absolute Gasteiger partial charge is 0.357 e. The summed E-state index contributed by atoms with van der Waals surface area (Å²) in [6.07, 6.45) is 4.41. The molecular weight excluding hydrogens is 386 g/mol. The fraction of sp³-hybridized carbons (Fsp3) is 0.636. The summed E-state index contributed by atoms with van der Waals surface area (Å²) in [6, 6.07) is 8.53. The van der Waals surface area contributed by atoms with Crippen LogP contribution in [0, 0.1) is 11.8 Å². The quantitative estimate of drug-likeness (QED) is 0.344. The van der Waals surface area contributed by atoms with Crippen LogP contribution in [0.1, 0.15) is 44.2 Å². The summed E-state index contributed by atoms with van der Waals surface area (Å²) in [5, 5.41) is 10.4. The number of hydrogen-bond donors (Lipinski definition) is 3. The fourth-order valence-corrected chi connectivity index (χ4v) is 4.27. The van der Waals surface area contributed by atoms with Gasteiger partial charge in [0.15, 0.2) is 5.96 Å². The highest BCUT2D eigenvalue weighted by Crippen LogP contribution is 2.36. The van der Waals surface area contributed by atoms with Gasteiger partial charge in [-0.25, -0.2) is 0 Å². The van der Waals surface area contributed by atoms with Gasteiger partial charge in [0.05, 0.1) is 0 Å². The number of likely N-dealkylation sites (tertiary alicyclic amines) is 1. The van der Waals surface area contributed by atoms with E-state index in [4.69, 9.17) is 16.6 Å². The molecule has 1 aliphatic heterocycles. The van der Waals surface area contributed by atoms with E-state index in [1.54, 1.807) is 0 Å². The van der Waals surface area contributed by atoms with Crippen LogP contribution in [0.3, 0.4) is 0 Å². The number of carbonyl (C=O) groups excluding carboxylic acids is 1. The molecule has 0 aromatic heterocycles. The van der Waals surface area contributed by atoms with Gasteiger partial charge in [0.25, 0.3) is 0 Å². The maximum atomic E-state index is 11.7. The topological polar surface area (TPSA) is 68.8 Å². The zero-order valence-corrected chi connectivity index (χ0v) is 18.3. The minimum atomic E-state index is 0.184. The Labute approximate surface area is 179 Å². The Hall–Kier alpha value is -1.79. The predicted molar refractivity (Wildman–Crippen MR) is 119 cm³/mol. The number of hydrogen-bond acceptors (Lipinski definition) is 3. The van der Waals surface area contributed by atoms with Crippen LogP contribution in [-0.2, 0) is 4.79 Å². The molecule has 1 saturated carbocycles. The number of aliphatic imine (C=N–C) groups is 1. The second kappa shape index (κ2) is 10.8. The highest BCUT2D eigenvalue weighted by molar-refractivity contribution is 6.30. The van der Waals surface area contributed by atoms with Gasteiger partial charge in [-0.3, -0.25) is 14.7 Å². The number of guanidine groups is 1. The first kappa shape index (κ1) is 21.9. The van der Waals surface area contributed by atoms with Crippen molar-refractivity contribution in [3.63, 3.8) is 0 Å². The minimum Gasteiger partial charge on any atom is -0.357 e. The van der Waals surface area contributed by atoms with Crippen molar-refractivity contribution in [1.29, 1.82) is 0 Å². The number of halogens is 1. The van der Waals surface area contributed by atoms with E-state index >= 15 is 0 Å². The van der Waals surface area contributed by atoms with Gasteiger partial charge in [0.1, 0.15) is 0 Å². The Morgan fingerprint density at radius 1 is 1.21 bits per heavy atom. The molecule has 2 unspecified atom stereocenters. The van der Waals surface area contributed by atoms with Gasteiger partial charge in [-0.15, -0.1) is 0 Å². The van der Waals surface area contributed by atoms with Crippen LogP contribution in [0.4, 0.5) is 0 Å².